The number of nitrogens with two attached hydrogens (primary N) is 2. The van der Waals surface area contributed by atoms with E-state index in [0.29, 0.717) is 12.0 Å². The average Bonchev–Trinajstić information content (AvgIpc) is 0.667. The fourth-order valence-corrected chi connectivity index (χ4v) is 16.0. The highest BCUT2D eigenvalue weighted by molar-refractivity contribution is 5.99. The van der Waals surface area contributed by atoms with Crippen molar-refractivity contribution < 1.29 is 126 Å². The van der Waals surface area contributed by atoms with E-state index >= 15 is 9.59 Å². The van der Waals surface area contributed by atoms with Crippen molar-refractivity contribution in [3.05, 3.63) is 149 Å². The largest absolute Gasteiger partial charge is 0.508 e. The first-order valence-electron chi connectivity index (χ1n) is 39.2. The maximum Gasteiger partial charge on any atom is 0.338 e. The summed E-state index contributed by atoms with van der Waals surface area (Å²) in [6.07, 6.45) is -14.9. The zero-order chi connectivity index (χ0) is 86.8. The van der Waals surface area contributed by atoms with Crippen molar-refractivity contribution in [1.82, 2.24) is 47.0 Å². The van der Waals surface area contributed by atoms with Crippen LogP contribution in [-0.2, 0) is 87.5 Å². The zero-order valence-corrected chi connectivity index (χ0v) is 67.2. The number of hydrogen-bond acceptors (Lipinski definition) is 28. The first-order valence-corrected chi connectivity index (χ1v) is 39.2. The number of ether oxygens (including phenoxy) is 7. The number of primary amides is 1. The molecule has 2 bridgehead atoms. The Bertz CT molecular complexity index is 4330. The molecule has 0 radical (unpaired) electrons. The monoisotopic (exact) mass is 1660 g/mol. The highest BCUT2D eigenvalue weighted by Gasteiger charge is 2.78. The number of Topliss-reactive ketones (excluding diaryl/α,β-unsaturated/α-hetero) is 1. The number of aromatic hydroxyl groups is 1. The second kappa shape index (κ2) is 40.7. The highest BCUT2D eigenvalue weighted by Crippen LogP contribution is 2.64. The van der Waals surface area contributed by atoms with Gasteiger partial charge in [0.2, 0.25) is 41.9 Å². The molecule has 2 saturated carbocycles. The van der Waals surface area contributed by atoms with Crippen LogP contribution in [-0.4, -0.2) is 275 Å². The lowest BCUT2D eigenvalue weighted by molar-refractivity contribution is -0.346. The molecule has 2 aliphatic heterocycles. The molecule has 37 heteroatoms. The number of aliphatic hydroxyl groups excluding tert-OH is 4. The van der Waals surface area contributed by atoms with Crippen molar-refractivity contribution >= 4 is 77.0 Å². The van der Waals surface area contributed by atoms with Crippen LogP contribution in [0.25, 0.3) is 0 Å². The van der Waals surface area contributed by atoms with Crippen LogP contribution in [0.3, 0.4) is 0 Å². The Morgan fingerprint density at radius 2 is 1.25 bits per heavy atom. The van der Waals surface area contributed by atoms with E-state index in [-0.39, 0.29) is 98.7 Å². The number of likely N-dealkylation sites (N-methyl/N-ethyl adjacent to an activating group) is 1. The summed E-state index contributed by atoms with van der Waals surface area (Å²) in [7, 11) is 1.30. The molecule has 17 N–H and O–H groups in total. The Labute approximate surface area is 686 Å². The number of amides is 9. The standard InChI is InChI=1S/C82H107N11O26/c1-45-58(41-82(112)68(118-75(108)51-23-15-10-16-24-51)66-80(6,59(99)40-60-81(66,44-114-60)119-47(3)97)67(101)64(115-46(2)96)62(45)79(82,4)5)116-76(109)65(63(49-19-11-8-12-20-49)91-69(102)50-21-13-9-14-22-50)117-78(111)92(7)34-33-85-70(103)54(30-31-61(84)100)87-72(105)55(39-48-26-28-52(98)29-27-48)88-71(104)53(25-17-18-32-83)86-73(106)56(42-94)89-74(107)57(43-95)90-77(110)93-35-37-113-38-36-93/h8-16,19-24,26-29,53-60,63-66,68,78,94-95,98-99,111-112H,17-18,25,30-44,83H2,1-7H3,(H2,84,100)(H,85,103)(H,86,106)(H,87,105)(H,88,104)(H,89,107)(H,90,110)(H,91,102)/t53-,54+,55+,56+,57+,58+,59+,60-,63+,64-,65-,66?,68+,78?,80-,81+,82-/m1/s1. The molecule has 9 amide bonds. The van der Waals surface area contributed by atoms with Gasteiger partial charge in [-0.3, -0.25) is 52.8 Å². The number of benzene rings is 4. The topological polar surface area (TPSA) is 551 Å². The summed E-state index contributed by atoms with van der Waals surface area (Å²) in [5, 5.41) is 87.4. The number of morpholine rings is 1. The van der Waals surface area contributed by atoms with Gasteiger partial charge in [0.05, 0.1) is 62.1 Å². The molecule has 17 atom stereocenters. The number of carbonyl (C=O) groups excluding carboxylic acids is 13. The van der Waals surface area contributed by atoms with Crippen LogP contribution >= 0.6 is 0 Å². The normalized spacial score (nSPS) is 24.4. The predicted molar refractivity (Wildman–Crippen MR) is 418 cm³/mol. The number of rotatable bonds is 37. The summed E-state index contributed by atoms with van der Waals surface area (Å²) in [5.74, 6) is -13.9. The van der Waals surface area contributed by atoms with E-state index in [0.717, 1.165) is 18.7 Å². The lowest BCUT2D eigenvalue weighted by Crippen LogP contribution is -2.82. The van der Waals surface area contributed by atoms with Gasteiger partial charge >= 0.3 is 29.9 Å². The number of phenolic OH excluding ortho intramolecular Hbond substituents is 1. The van der Waals surface area contributed by atoms with E-state index in [1.165, 1.54) is 100 Å². The Kier molecular flexibility index (Phi) is 31.5. The number of aliphatic hydroxyl groups is 5. The molecular formula is C82H107N11O26. The lowest BCUT2D eigenvalue weighted by atomic mass is 9.44. The van der Waals surface area contributed by atoms with Gasteiger partial charge in [0.25, 0.3) is 5.91 Å². The van der Waals surface area contributed by atoms with Gasteiger partial charge in [0.15, 0.2) is 23.6 Å². The quantitative estimate of drug-likeness (QED) is 0.00826. The fraction of sp³-hybridized carbons (Fsp3) is 0.524. The summed E-state index contributed by atoms with van der Waals surface area (Å²) in [4.78, 5) is 187. The van der Waals surface area contributed by atoms with E-state index < -0.39 is 230 Å². The van der Waals surface area contributed by atoms with Crippen LogP contribution in [0.2, 0.25) is 0 Å². The maximum absolute atomic E-state index is 16.1. The summed E-state index contributed by atoms with van der Waals surface area (Å²) in [5.41, 5.74) is 3.21. The Morgan fingerprint density at radius 3 is 1.82 bits per heavy atom. The first-order chi connectivity index (χ1) is 56.5. The highest BCUT2D eigenvalue weighted by atomic mass is 16.7. The molecule has 9 rings (SSSR count). The minimum absolute atomic E-state index is 0.0128. The van der Waals surface area contributed by atoms with Crippen LogP contribution in [0.1, 0.15) is 124 Å². The molecule has 3 aliphatic carbocycles. The number of fused-ring (bicyclic) bond motifs is 5. The molecule has 5 aliphatic rings. The van der Waals surface area contributed by atoms with Gasteiger partial charge in [-0.15, -0.1) is 0 Å². The minimum Gasteiger partial charge on any atom is -0.508 e. The summed E-state index contributed by atoms with van der Waals surface area (Å²) < 4.78 is 42.9. The summed E-state index contributed by atoms with van der Waals surface area (Å²) in [6.45, 7) is 5.71. The van der Waals surface area contributed by atoms with Gasteiger partial charge in [-0.25, -0.2) is 14.4 Å². The number of nitrogens with one attached hydrogen (secondary N) is 7. The number of urea groups is 1. The predicted octanol–water partition coefficient (Wildman–Crippen LogP) is -1.24. The molecule has 119 heavy (non-hydrogen) atoms. The SMILES string of the molecule is CC(=O)O[C@H]1C(=O)[C@@]2(C)C([C@H](OC(=O)c3ccccc3)[C@]3(O)C[C@H](OC(=O)[C@H](OC(O)N(C)CCNC(=O)[C@H](CCC(N)=O)NC(=O)[C@H](Cc4ccc(O)cc4)NC(=O)[C@@H](CCCCN)NC(=O)[C@H](CO)NC(=O)[C@H](CO)NC(=O)N4CCOCC4)[C@@H](NC(=O)c4ccccc4)c4ccccc4)C(C)=C1C3(C)C)[C@]1(OC(C)=O)CO[C@@H]1C[C@@H]2O. The number of carbonyl (C=O) groups is 13. The number of ketones is 1. The molecule has 2 heterocycles. The number of phenols is 1. The Hall–Kier alpha value is -10.9. The van der Waals surface area contributed by atoms with Crippen LogP contribution in [0.4, 0.5) is 4.79 Å². The third-order valence-corrected chi connectivity index (χ3v) is 22.7. The minimum atomic E-state index is -2.62. The van der Waals surface area contributed by atoms with Crippen molar-refractivity contribution in [2.45, 2.75) is 183 Å². The molecule has 646 valence electrons. The summed E-state index contributed by atoms with van der Waals surface area (Å²) in [6, 6.07) is 18.3. The second-order valence-electron chi connectivity index (χ2n) is 30.9. The zero-order valence-electron chi connectivity index (χ0n) is 67.2. The van der Waals surface area contributed by atoms with Gasteiger partial charge < -0.3 is 117 Å². The summed E-state index contributed by atoms with van der Waals surface area (Å²) >= 11 is 0. The first kappa shape index (κ1) is 92.0. The molecule has 2 unspecified atom stereocenters. The molecule has 0 aromatic heterocycles. The van der Waals surface area contributed by atoms with Gasteiger partial charge in [0.1, 0.15) is 59.9 Å². The number of hydrogen-bond donors (Lipinski definition) is 15. The molecular weight excluding hydrogens is 1550 g/mol. The smallest absolute Gasteiger partial charge is 0.338 e. The van der Waals surface area contributed by atoms with Gasteiger partial charge in [-0.2, -0.15) is 0 Å². The third-order valence-electron chi connectivity index (χ3n) is 22.7. The van der Waals surface area contributed by atoms with E-state index in [1.807, 2.05) is 0 Å². The van der Waals surface area contributed by atoms with Crippen LogP contribution < -0.4 is 48.7 Å². The third kappa shape index (κ3) is 21.6. The lowest BCUT2D eigenvalue weighted by Gasteiger charge is -2.67. The number of esters is 4. The van der Waals surface area contributed by atoms with Gasteiger partial charge in [0, 0.05) is 76.7 Å². The molecule has 4 aromatic rings. The van der Waals surface area contributed by atoms with Crippen LogP contribution in [0, 0.1) is 16.7 Å². The second-order valence-corrected chi connectivity index (χ2v) is 30.9. The molecule has 0 spiro atoms. The van der Waals surface area contributed by atoms with E-state index in [1.54, 1.807) is 54.6 Å². The van der Waals surface area contributed by atoms with E-state index in [2.05, 4.69) is 37.2 Å². The molecule has 4 fully saturated rings. The van der Waals surface area contributed by atoms with Crippen molar-refractivity contribution in [2.75, 3.05) is 72.8 Å². The Morgan fingerprint density at radius 1 is 0.689 bits per heavy atom. The molecule has 2 saturated heterocycles. The van der Waals surface area contributed by atoms with E-state index in [4.69, 9.17) is 44.6 Å². The van der Waals surface area contributed by atoms with Crippen molar-refractivity contribution in [2.24, 2.45) is 28.2 Å². The van der Waals surface area contributed by atoms with Crippen LogP contribution in [0.15, 0.2) is 126 Å². The van der Waals surface area contributed by atoms with Crippen molar-refractivity contribution in [1.29, 1.82) is 0 Å². The number of nitrogens with zero attached hydrogens (tertiary/aromatic N) is 2. The van der Waals surface area contributed by atoms with Crippen molar-refractivity contribution in [3.8, 4) is 5.75 Å². The van der Waals surface area contributed by atoms with Crippen molar-refractivity contribution in [3.63, 3.8) is 0 Å². The van der Waals surface area contributed by atoms with Gasteiger partial charge in [-0.05, 0) is 112 Å². The average molecular weight is 1660 g/mol. The molecule has 37 nitrogen and oxygen atoms in total. The molecule has 4 aromatic carbocycles. The van der Waals surface area contributed by atoms with Crippen LogP contribution in [0.5, 0.6) is 5.75 Å². The van der Waals surface area contributed by atoms with E-state index in [9.17, 15) is 83.4 Å². The number of unbranched alkanes of at least 4 members (excludes halogenated alkanes) is 1. The van der Waals surface area contributed by atoms with Gasteiger partial charge in [-0.1, -0.05) is 92.7 Å². The fourth-order valence-electron chi connectivity index (χ4n) is 16.0. The Balaban J connectivity index is 0.993. The maximum atomic E-state index is 16.1.